The molecule has 1 amide bonds. The summed E-state index contributed by atoms with van der Waals surface area (Å²) in [6.07, 6.45) is 6.31. The molecule has 34 heavy (non-hydrogen) atoms. The van der Waals surface area contributed by atoms with Crippen LogP contribution in [0.15, 0.2) is 34.2 Å². The molecular formula is C26H31N3O3S2. The van der Waals surface area contributed by atoms with Crippen molar-refractivity contribution in [1.29, 1.82) is 0 Å². The van der Waals surface area contributed by atoms with E-state index < -0.39 is 0 Å². The fourth-order valence-electron chi connectivity index (χ4n) is 4.92. The van der Waals surface area contributed by atoms with Gasteiger partial charge >= 0.3 is 0 Å². The molecule has 3 heterocycles. The number of methoxy groups -OCH3 is 1. The van der Waals surface area contributed by atoms with E-state index in [1.807, 2.05) is 36.1 Å². The third-order valence-electron chi connectivity index (χ3n) is 7.01. The number of rotatable bonds is 5. The van der Waals surface area contributed by atoms with Gasteiger partial charge in [0, 0.05) is 18.0 Å². The summed E-state index contributed by atoms with van der Waals surface area (Å²) >= 11 is 3.04. The zero-order valence-electron chi connectivity index (χ0n) is 20.0. The van der Waals surface area contributed by atoms with Crippen molar-refractivity contribution in [2.75, 3.05) is 20.2 Å². The Labute approximate surface area is 208 Å². The van der Waals surface area contributed by atoms with Gasteiger partial charge in [0.15, 0.2) is 5.16 Å². The molecule has 5 rings (SSSR count). The lowest BCUT2D eigenvalue weighted by atomic mass is 9.97. The van der Waals surface area contributed by atoms with Gasteiger partial charge in [0.2, 0.25) is 5.91 Å². The van der Waals surface area contributed by atoms with E-state index in [0.717, 1.165) is 73.3 Å². The van der Waals surface area contributed by atoms with Gasteiger partial charge in [-0.15, -0.1) is 11.3 Å². The molecule has 1 unspecified atom stereocenters. The lowest BCUT2D eigenvalue weighted by Crippen LogP contribution is -2.42. The highest BCUT2D eigenvalue weighted by Crippen LogP contribution is 2.36. The fraction of sp³-hybridized carbons (Fsp3) is 0.500. The molecule has 1 atom stereocenters. The zero-order chi connectivity index (χ0) is 23.8. The molecule has 1 aliphatic carbocycles. The van der Waals surface area contributed by atoms with Crippen molar-refractivity contribution in [3.63, 3.8) is 0 Å². The number of hydrogen-bond donors (Lipinski definition) is 0. The number of piperidine rings is 1. The number of ether oxygens (including phenoxy) is 1. The summed E-state index contributed by atoms with van der Waals surface area (Å²) in [6, 6.07) is 7.48. The first kappa shape index (κ1) is 23.4. The van der Waals surface area contributed by atoms with Crippen molar-refractivity contribution >= 4 is 39.2 Å². The number of nitrogens with zero attached hydrogens (tertiary/aromatic N) is 3. The van der Waals surface area contributed by atoms with Crippen LogP contribution in [0.5, 0.6) is 5.75 Å². The van der Waals surface area contributed by atoms with E-state index in [2.05, 4.69) is 6.92 Å². The predicted molar refractivity (Wildman–Crippen MR) is 139 cm³/mol. The molecule has 1 fully saturated rings. The Morgan fingerprint density at radius 2 is 1.88 bits per heavy atom. The summed E-state index contributed by atoms with van der Waals surface area (Å²) in [5.74, 6) is 1.52. The minimum absolute atomic E-state index is 0.0384. The second-order valence-electron chi connectivity index (χ2n) is 9.39. The highest BCUT2D eigenvalue weighted by molar-refractivity contribution is 8.00. The number of thioether (sulfide) groups is 1. The minimum Gasteiger partial charge on any atom is -0.497 e. The SMILES string of the molecule is COc1ccc(-n2c(SC(C)C(=O)N3CCC(C)CC3)nc3sc4c(c3c2=O)CCCC4)cc1. The van der Waals surface area contributed by atoms with Crippen LogP contribution in [-0.4, -0.2) is 45.8 Å². The van der Waals surface area contributed by atoms with E-state index >= 15 is 0 Å². The zero-order valence-corrected chi connectivity index (χ0v) is 21.6. The van der Waals surface area contributed by atoms with E-state index in [0.29, 0.717) is 11.1 Å². The molecule has 0 spiro atoms. The van der Waals surface area contributed by atoms with Crippen molar-refractivity contribution in [2.24, 2.45) is 5.92 Å². The number of fused-ring (bicyclic) bond motifs is 3. The van der Waals surface area contributed by atoms with E-state index in [1.165, 1.54) is 22.2 Å². The lowest BCUT2D eigenvalue weighted by molar-refractivity contribution is -0.131. The second-order valence-corrected chi connectivity index (χ2v) is 11.8. The molecule has 8 heteroatoms. The third-order valence-corrected chi connectivity index (χ3v) is 9.24. The van der Waals surface area contributed by atoms with Gasteiger partial charge in [-0.25, -0.2) is 4.98 Å². The highest BCUT2D eigenvalue weighted by atomic mass is 32.2. The standard InChI is InChI=1S/C26H31N3O3S2/c1-16-12-14-28(15-13-16)24(30)17(2)33-26-27-23-22(20-6-4-5-7-21(20)34-23)25(31)29(26)18-8-10-19(32-3)11-9-18/h8-11,16-17H,4-7,12-15H2,1-3H3. The van der Waals surface area contributed by atoms with Gasteiger partial charge in [-0.2, -0.15) is 0 Å². The Morgan fingerprint density at radius 1 is 1.18 bits per heavy atom. The monoisotopic (exact) mass is 497 g/mol. The number of carbonyl (C=O) groups is 1. The molecule has 0 saturated carbocycles. The maximum Gasteiger partial charge on any atom is 0.267 e. The van der Waals surface area contributed by atoms with E-state index in [9.17, 15) is 9.59 Å². The molecule has 1 saturated heterocycles. The molecule has 0 bridgehead atoms. The first-order chi connectivity index (χ1) is 16.5. The fourth-order valence-corrected chi connectivity index (χ4v) is 7.23. The molecular weight excluding hydrogens is 466 g/mol. The van der Waals surface area contributed by atoms with Gasteiger partial charge in [0.1, 0.15) is 10.6 Å². The first-order valence-corrected chi connectivity index (χ1v) is 13.8. The summed E-state index contributed by atoms with van der Waals surface area (Å²) in [6.45, 7) is 5.78. The van der Waals surface area contributed by atoms with E-state index in [-0.39, 0.29) is 16.7 Å². The number of amides is 1. The van der Waals surface area contributed by atoms with Crippen molar-refractivity contribution in [3.05, 3.63) is 45.1 Å². The van der Waals surface area contributed by atoms with Crippen LogP contribution in [0.3, 0.4) is 0 Å². The lowest BCUT2D eigenvalue weighted by Gasteiger charge is -2.32. The Kier molecular flexibility index (Phi) is 6.71. The molecule has 2 aromatic heterocycles. The summed E-state index contributed by atoms with van der Waals surface area (Å²) in [4.78, 5) is 36.2. The minimum atomic E-state index is -0.322. The Balaban J connectivity index is 1.56. The van der Waals surface area contributed by atoms with Crippen LogP contribution in [0.1, 0.15) is 50.0 Å². The highest BCUT2D eigenvalue weighted by Gasteiger charge is 2.28. The number of likely N-dealkylation sites (tertiary alicyclic amines) is 1. The molecule has 3 aromatic rings. The van der Waals surface area contributed by atoms with E-state index in [4.69, 9.17) is 9.72 Å². The second kappa shape index (κ2) is 9.74. The normalized spacial score (nSPS) is 17.6. The number of thiophene rings is 1. The Bertz CT molecular complexity index is 1260. The number of hydrogen-bond acceptors (Lipinski definition) is 6. The molecule has 1 aromatic carbocycles. The predicted octanol–water partition coefficient (Wildman–Crippen LogP) is 5.07. The summed E-state index contributed by atoms with van der Waals surface area (Å²) < 4.78 is 7.00. The number of aryl methyl sites for hydroxylation is 2. The van der Waals surface area contributed by atoms with Gasteiger partial charge in [0.25, 0.3) is 5.56 Å². The first-order valence-electron chi connectivity index (χ1n) is 12.1. The van der Waals surface area contributed by atoms with Gasteiger partial charge in [-0.05, 0) is 81.2 Å². The van der Waals surface area contributed by atoms with Gasteiger partial charge in [-0.1, -0.05) is 18.7 Å². The molecule has 0 radical (unpaired) electrons. The molecule has 0 N–H and O–H groups in total. The van der Waals surface area contributed by atoms with Crippen molar-refractivity contribution in [2.45, 2.75) is 62.8 Å². The average Bonchev–Trinajstić information content (AvgIpc) is 3.23. The smallest absolute Gasteiger partial charge is 0.267 e. The molecule has 2 aliphatic rings. The molecule has 1 aliphatic heterocycles. The van der Waals surface area contributed by atoms with Crippen LogP contribution in [0, 0.1) is 5.92 Å². The van der Waals surface area contributed by atoms with Crippen LogP contribution in [0.4, 0.5) is 0 Å². The topological polar surface area (TPSA) is 64.4 Å². The molecule has 6 nitrogen and oxygen atoms in total. The van der Waals surface area contributed by atoms with Crippen LogP contribution < -0.4 is 10.3 Å². The number of benzene rings is 1. The molecule has 180 valence electrons. The Hall–Kier alpha value is -2.32. The van der Waals surface area contributed by atoms with Crippen LogP contribution in [-0.2, 0) is 17.6 Å². The number of carbonyl (C=O) groups excluding carboxylic acids is 1. The summed E-state index contributed by atoms with van der Waals surface area (Å²) in [5, 5.41) is 1.01. The third kappa shape index (κ3) is 4.38. The Morgan fingerprint density at radius 3 is 2.59 bits per heavy atom. The summed E-state index contributed by atoms with van der Waals surface area (Å²) in [5.41, 5.74) is 1.88. The van der Waals surface area contributed by atoms with Gasteiger partial charge < -0.3 is 9.64 Å². The quantitative estimate of drug-likeness (QED) is 0.364. The van der Waals surface area contributed by atoms with Crippen molar-refractivity contribution < 1.29 is 9.53 Å². The largest absolute Gasteiger partial charge is 0.497 e. The number of aromatic nitrogens is 2. The van der Waals surface area contributed by atoms with Crippen molar-refractivity contribution in [3.8, 4) is 11.4 Å². The van der Waals surface area contributed by atoms with Crippen LogP contribution in [0.2, 0.25) is 0 Å². The summed E-state index contributed by atoms with van der Waals surface area (Å²) in [7, 11) is 1.63. The maximum absolute atomic E-state index is 13.9. The average molecular weight is 498 g/mol. The van der Waals surface area contributed by atoms with Gasteiger partial charge in [-0.3, -0.25) is 14.2 Å². The van der Waals surface area contributed by atoms with Crippen LogP contribution in [0.25, 0.3) is 15.9 Å². The van der Waals surface area contributed by atoms with E-state index in [1.54, 1.807) is 23.0 Å². The van der Waals surface area contributed by atoms with Crippen LogP contribution >= 0.6 is 23.1 Å². The van der Waals surface area contributed by atoms with Crippen molar-refractivity contribution in [1.82, 2.24) is 14.5 Å². The van der Waals surface area contributed by atoms with Gasteiger partial charge in [0.05, 0.1) is 23.4 Å². The maximum atomic E-state index is 13.9.